The fraction of sp³-hybridized carbons (Fsp3) is 0.962. The topological polar surface area (TPSA) is 32.3 Å². The zero-order chi connectivity index (χ0) is 21.6. The fourth-order valence-electron chi connectivity index (χ4n) is 8.79. The van der Waals surface area contributed by atoms with Crippen molar-refractivity contribution in [1.29, 1.82) is 0 Å². The smallest absolute Gasteiger partial charge is 0.221 e. The molecule has 4 rings (SSSR count). The molecule has 4 aliphatic rings. The number of hydrazine groups is 1. The third-order valence-corrected chi connectivity index (χ3v) is 11.9. The zero-order valence-electron chi connectivity index (χ0n) is 20.2. The highest BCUT2D eigenvalue weighted by Gasteiger charge is 2.59. The summed E-state index contributed by atoms with van der Waals surface area (Å²) in [6, 6.07) is 0. The van der Waals surface area contributed by atoms with E-state index >= 15 is 0 Å². The Balaban J connectivity index is 1.43. The van der Waals surface area contributed by atoms with Crippen LogP contribution in [0.3, 0.4) is 0 Å². The molecule has 30 heavy (non-hydrogen) atoms. The molecule has 0 aromatic heterocycles. The van der Waals surface area contributed by atoms with Crippen molar-refractivity contribution >= 4 is 18.2 Å². The Hall–Kier alpha value is -0.220. The third-order valence-electron chi connectivity index (χ3n) is 10.4. The lowest BCUT2D eigenvalue weighted by molar-refractivity contribution is -0.112. The number of carbonyl (C=O) groups is 1. The van der Waals surface area contributed by atoms with Gasteiger partial charge >= 0.3 is 0 Å². The molecule has 0 aromatic carbocycles. The molecule has 3 nitrogen and oxygen atoms in total. The molecule has 0 bridgehead atoms. The monoisotopic (exact) mass is 434 g/mol. The van der Waals surface area contributed by atoms with Gasteiger partial charge in [0.15, 0.2) is 0 Å². The van der Waals surface area contributed by atoms with Crippen LogP contribution in [0.2, 0.25) is 0 Å². The van der Waals surface area contributed by atoms with E-state index in [1.54, 1.807) is 0 Å². The van der Waals surface area contributed by atoms with Crippen molar-refractivity contribution in [2.45, 2.75) is 103 Å². The van der Waals surface area contributed by atoms with Gasteiger partial charge in [0, 0.05) is 11.8 Å². The highest BCUT2D eigenvalue weighted by atomic mass is 32.2. The summed E-state index contributed by atoms with van der Waals surface area (Å²) in [5.41, 5.74) is 3.97. The van der Waals surface area contributed by atoms with Gasteiger partial charge in [-0.1, -0.05) is 40.5 Å². The number of hydrogen-bond donors (Lipinski definition) is 1. The highest BCUT2D eigenvalue weighted by molar-refractivity contribution is 8.00. The van der Waals surface area contributed by atoms with E-state index in [4.69, 9.17) is 0 Å². The molecule has 7 unspecified atom stereocenters. The summed E-state index contributed by atoms with van der Waals surface area (Å²) in [6.45, 7) is 10.2. The van der Waals surface area contributed by atoms with E-state index in [9.17, 15) is 4.79 Å². The first-order valence-electron chi connectivity index (χ1n) is 12.7. The minimum atomic E-state index is 0.255. The number of thioether (sulfide) groups is 1. The van der Waals surface area contributed by atoms with Crippen LogP contribution in [0.1, 0.15) is 98.3 Å². The number of fused-ring (bicyclic) bond motifs is 5. The van der Waals surface area contributed by atoms with E-state index < -0.39 is 0 Å². The molecule has 4 heteroatoms. The van der Waals surface area contributed by atoms with Gasteiger partial charge in [0.1, 0.15) is 0 Å². The summed E-state index contributed by atoms with van der Waals surface area (Å²) >= 11 is 1.99. The van der Waals surface area contributed by atoms with Gasteiger partial charge in [-0.05, 0) is 98.2 Å². The van der Waals surface area contributed by atoms with E-state index in [1.807, 2.05) is 23.8 Å². The van der Waals surface area contributed by atoms with Crippen LogP contribution >= 0.6 is 11.8 Å². The average Bonchev–Trinajstić information content (AvgIpc) is 3.02. The van der Waals surface area contributed by atoms with Crippen LogP contribution in [0.4, 0.5) is 0 Å². The van der Waals surface area contributed by atoms with Crippen molar-refractivity contribution in [2.75, 3.05) is 12.9 Å². The van der Waals surface area contributed by atoms with E-state index in [2.05, 4.69) is 33.1 Å². The first-order valence-corrected chi connectivity index (χ1v) is 13.7. The molecular formula is C26H46N2OS. The summed E-state index contributed by atoms with van der Waals surface area (Å²) in [4.78, 5) is 10.7. The van der Waals surface area contributed by atoms with Gasteiger partial charge in [0.25, 0.3) is 0 Å². The van der Waals surface area contributed by atoms with E-state index in [1.165, 1.54) is 70.6 Å². The zero-order valence-corrected chi connectivity index (χ0v) is 21.0. The SMILES string of the molecule is CN(CSC(C)(C)CC1CCC2C3CCC4CCCCC4(C)C3CCC12C)NC=O. The van der Waals surface area contributed by atoms with Gasteiger partial charge in [-0.2, -0.15) is 0 Å². The van der Waals surface area contributed by atoms with Crippen molar-refractivity contribution in [1.82, 2.24) is 10.4 Å². The van der Waals surface area contributed by atoms with Gasteiger partial charge in [0.05, 0.1) is 5.88 Å². The normalized spacial score (nSPS) is 43.6. The van der Waals surface area contributed by atoms with Gasteiger partial charge in [-0.15, -0.1) is 11.8 Å². The number of hydrogen-bond acceptors (Lipinski definition) is 3. The van der Waals surface area contributed by atoms with Crippen molar-refractivity contribution < 1.29 is 4.79 Å². The summed E-state index contributed by atoms with van der Waals surface area (Å²) in [7, 11) is 1.95. The second-order valence-electron chi connectivity index (χ2n) is 12.4. The van der Waals surface area contributed by atoms with Crippen LogP contribution in [0, 0.1) is 40.4 Å². The molecule has 0 heterocycles. The van der Waals surface area contributed by atoms with Crippen LogP contribution in [0.25, 0.3) is 0 Å². The van der Waals surface area contributed by atoms with Gasteiger partial charge in [0.2, 0.25) is 6.41 Å². The molecule has 0 spiro atoms. The van der Waals surface area contributed by atoms with Crippen LogP contribution in [-0.2, 0) is 4.79 Å². The molecular weight excluding hydrogens is 388 g/mol. The van der Waals surface area contributed by atoms with Crippen LogP contribution in [-0.4, -0.2) is 29.1 Å². The summed E-state index contributed by atoms with van der Waals surface area (Å²) in [5.74, 6) is 5.74. The maximum atomic E-state index is 10.7. The summed E-state index contributed by atoms with van der Waals surface area (Å²) in [6.07, 6.45) is 17.0. The second kappa shape index (κ2) is 8.61. The Labute approximate surface area is 189 Å². The molecule has 1 amide bonds. The first-order chi connectivity index (χ1) is 14.2. The summed E-state index contributed by atoms with van der Waals surface area (Å²) in [5, 5.41) is 1.90. The Morgan fingerprint density at radius 1 is 1.00 bits per heavy atom. The molecule has 0 saturated heterocycles. The predicted molar refractivity (Wildman–Crippen MR) is 128 cm³/mol. The fourth-order valence-corrected chi connectivity index (χ4v) is 9.73. The number of carbonyl (C=O) groups excluding carboxylic acids is 1. The van der Waals surface area contributed by atoms with E-state index in [0.717, 1.165) is 41.9 Å². The lowest BCUT2D eigenvalue weighted by Gasteiger charge is -2.60. The average molecular weight is 435 g/mol. The molecule has 1 N–H and O–H groups in total. The van der Waals surface area contributed by atoms with Crippen molar-refractivity contribution in [3.8, 4) is 0 Å². The molecule has 0 aliphatic heterocycles. The number of nitrogens with zero attached hydrogens (tertiary/aromatic N) is 1. The largest absolute Gasteiger partial charge is 0.291 e. The lowest BCUT2D eigenvalue weighted by Crippen LogP contribution is -2.52. The molecule has 7 atom stereocenters. The molecule has 4 saturated carbocycles. The van der Waals surface area contributed by atoms with E-state index in [-0.39, 0.29) is 4.75 Å². The Kier molecular flexibility index (Phi) is 6.59. The minimum Gasteiger partial charge on any atom is -0.291 e. The molecule has 172 valence electrons. The third kappa shape index (κ3) is 4.09. The number of rotatable bonds is 7. The van der Waals surface area contributed by atoms with Gasteiger partial charge in [-0.3, -0.25) is 10.2 Å². The van der Waals surface area contributed by atoms with Crippen LogP contribution in [0.15, 0.2) is 0 Å². The minimum absolute atomic E-state index is 0.255. The number of nitrogens with one attached hydrogen (secondary N) is 1. The summed E-state index contributed by atoms with van der Waals surface area (Å²) < 4.78 is 0.255. The van der Waals surface area contributed by atoms with Gasteiger partial charge in [-0.25, -0.2) is 5.01 Å². The van der Waals surface area contributed by atoms with Crippen molar-refractivity contribution in [3.63, 3.8) is 0 Å². The van der Waals surface area contributed by atoms with E-state index in [0.29, 0.717) is 10.8 Å². The Bertz CT molecular complexity index is 624. The Morgan fingerprint density at radius 2 is 1.77 bits per heavy atom. The molecule has 0 radical (unpaired) electrons. The Morgan fingerprint density at radius 3 is 2.53 bits per heavy atom. The second-order valence-corrected chi connectivity index (χ2v) is 14.1. The van der Waals surface area contributed by atoms with Gasteiger partial charge < -0.3 is 0 Å². The quantitative estimate of drug-likeness (QED) is 0.282. The molecule has 4 aliphatic carbocycles. The first kappa shape index (κ1) is 23.0. The predicted octanol–water partition coefficient (Wildman–Crippen LogP) is 6.49. The maximum Gasteiger partial charge on any atom is 0.221 e. The van der Waals surface area contributed by atoms with Crippen LogP contribution in [0.5, 0.6) is 0 Å². The lowest BCUT2D eigenvalue weighted by atomic mass is 9.45. The highest BCUT2D eigenvalue weighted by Crippen LogP contribution is 2.68. The maximum absolute atomic E-state index is 10.7. The standard InChI is InChI=1S/C26H46N2OS/c1-24(2,30-18-28(5)27-17-29)16-20-10-12-22-21-11-9-19-8-6-7-14-25(19,3)23(21)13-15-26(20,22)4/h17,19-23H,6-16,18H2,1-5H3,(H,27,29). The number of amides is 1. The van der Waals surface area contributed by atoms with Crippen molar-refractivity contribution in [2.24, 2.45) is 40.4 Å². The van der Waals surface area contributed by atoms with Crippen molar-refractivity contribution in [3.05, 3.63) is 0 Å². The molecule has 4 fully saturated rings. The molecule has 0 aromatic rings. The van der Waals surface area contributed by atoms with Crippen LogP contribution < -0.4 is 5.43 Å².